The molecule has 0 saturated carbocycles. The molecule has 0 aliphatic carbocycles. The first-order valence-electron chi connectivity index (χ1n) is 6.21. The summed E-state index contributed by atoms with van der Waals surface area (Å²) in [7, 11) is 0. The predicted molar refractivity (Wildman–Crippen MR) is 67.0 cm³/mol. The number of nitrogens with zero attached hydrogens (tertiary/aromatic N) is 4. The second kappa shape index (κ2) is 5.77. The first kappa shape index (κ1) is 12.8. The fourth-order valence-corrected chi connectivity index (χ4v) is 1.57. The van der Waals surface area contributed by atoms with Crippen LogP contribution in [0.5, 0.6) is 0 Å². The van der Waals surface area contributed by atoms with Gasteiger partial charge in [0.2, 0.25) is 5.89 Å². The molecule has 1 atom stereocenters. The molecule has 0 aromatic carbocycles. The van der Waals surface area contributed by atoms with Crippen molar-refractivity contribution in [2.45, 2.75) is 39.3 Å². The highest BCUT2D eigenvalue weighted by molar-refractivity contribution is 4.95. The molecule has 0 aliphatic heterocycles. The van der Waals surface area contributed by atoms with Gasteiger partial charge in [-0.25, -0.2) is 0 Å². The summed E-state index contributed by atoms with van der Waals surface area (Å²) in [6.07, 6.45) is 3.71. The van der Waals surface area contributed by atoms with E-state index in [1.165, 1.54) is 0 Å². The van der Waals surface area contributed by atoms with Crippen LogP contribution in [0.3, 0.4) is 0 Å². The van der Waals surface area contributed by atoms with Crippen LogP contribution in [0, 0.1) is 0 Å². The second-order valence-electron chi connectivity index (χ2n) is 4.59. The molecule has 0 fully saturated rings. The van der Waals surface area contributed by atoms with Gasteiger partial charge in [-0.05, 0) is 13.0 Å². The van der Waals surface area contributed by atoms with Gasteiger partial charge in [0.15, 0.2) is 5.82 Å². The minimum atomic E-state index is 0.0561. The van der Waals surface area contributed by atoms with E-state index < -0.39 is 0 Å². The summed E-state index contributed by atoms with van der Waals surface area (Å²) in [5, 5.41) is 11.4. The molecule has 6 nitrogen and oxygen atoms in total. The molecule has 0 spiro atoms. The lowest BCUT2D eigenvalue weighted by atomic mass is 10.2. The lowest BCUT2D eigenvalue weighted by molar-refractivity contribution is 0.332. The van der Waals surface area contributed by atoms with E-state index in [-0.39, 0.29) is 6.04 Å². The largest absolute Gasteiger partial charge is 0.338 e. The van der Waals surface area contributed by atoms with E-state index in [4.69, 9.17) is 4.52 Å². The van der Waals surface area contributed by atoms with Gasteiger partial charge in [-0.3, -0.25) is 4.68 Å². The maximum atomic E-state index is 5.23. The highest BCUT2D eigenvalue weighted by Gasteiger charge is 2.15. The van der Waals surface area contributed by atoms with Crippen molar-refractivity contribution in [3.05, 3.63) is 30.2 Å². The van der Waals surface area contributed by atoms with Crippen molar-refractivity contribution in [3.8, 4) is 0 Å². The normalized spacial score (nSPS) is 13.1. The molecular formula is C12H19N5O. The third kappa shape index (κ3) is 3.16. The van der Waals surface area contributed by atoms with Crippen LogP contribution in [-0.2, 0) is 6.54 Å². The highest BCUT2D eigenvalue weighted by Crippen LogP contribution is 2.14. The Morgan fingerprint density at radius 3 is 2.83 bits per heavy atom. The molecule has 2 heterocycles. The van der Waals surface area contributed by atoms with E-state index in [0.29, 0.717) is 11.8 Å². The Kier molecular flexibility index (Phi) is 4.09. The standard InChI is InChI=1S/C12H19N5O/c1-9(2)11-15-12(18-16-11)10(3)13-6-8-17-7-4-5-14-17/h4-5,7,9-10,13H,6,8H2,1-3H3/t10-/m0/s1. The van der Waals surface area contributed by atoms with Crippen LogP contribution < -0.4 is 5.32 Å². The summed E-state index contributed by atoms with van der Waals surface area (Å²) < 4.78 is 7.11. The van der Waals surface area contributed by atoms with Gasteiger partial charge in [-0.2, -0.15) is 10.1 Å². The van der Waals surface area contributed by atoms with Gasteiger partial charge < -0.3 is 9.84 Å². The number of hydrogen-bond donors (Lipinski definition) is 1. The van der Waals surface area contributed by atoms with Crippen molar-refractivity contribution < 1.29 is 4.52 Å². The maximum Gasteiger partial charge on any atom is 0.243 e. The van der Waals surface area contributed by atoms with Crippen LogP contribution in [0.4, 0.5) is 0 Å². The molecule has 0 bridgehead atoms. The Morgan fingerprint density at radius 2 is 2.22 bits per heavy atom. The molecule has 18 heavy (non-hydrogen) atoms. The Morgan fingerprint density at radius 1 is 1.39 bits per heavy atom. The van der Waals surface area contributed by atoms with E-state index in [0.717, 1.165) is 18.9 Å². The molecule has 2 aromatic heterocycles. The van der Waals surface area contributed by atoms with Gasteiger partial charge in [0.05, 0.1) is 12.6 Å². The average Bonchev–Trinajstić information content (AvgIpc) is 2.99. The summed E-state index contributed by atoms with van der Waals surface area (Å²) in [6.45, 7) is 7.74. The molecule has 0 amide bonds. The minimum Gasteiger partial charge on any atom is -0.338 e. The van der Waals surface area contributed by atoms with Crippen molar-refractivity contribution in [1.29, 1.82) is 0 Å². The Bertz CT molecular complexity index is 463. The van der Waals surface area contributed by atoms with Gasteiger partial charge in [-0.15, -0.1) is 0 Å². The highest BCUT2D eigenvalue weighted by atomic mass is 16.5. The summed E-state index contributed by atoms with van der Waals surface area (Å²) >= 11 is 0. The molecule has 1 N–H and O–H groups in total. The van der Waals surface area contributed by atoms with Crippen molar-refractivity contribution in [3.63, 3.8) is 0 Å². The summed E-state index contributed by atoms with van der Waals surface area (Å²) in [5.74, 6) is 1.68. The van der Waals surface area contributed by atoms with Crippen LogP contribution in [0.15, 0.2) is 23.0 Å². The van der Waals surface area contributed by atoms with Crippen molar-refractivity contribution in [2.24, 2.45) is 0 Å². The Labute approximate surface area is 106 Å². The van der Waals surface area contributed by atoms with Crippen molar-refractivity contribution in [2.75, 3.05) is 6.54 Å². The Balaban J connectivity index is 1.81. The molecular weight excluding hydrogens is 230 g/mol. The van der Waals surface area contributed by atoms with Gasteiger partial charge in [-0.1, -0.05) is 19.0 Å². The fraction of sp³-hybridized carbons (Fsp3) is 0.583. The molecule has 0 aliphatic rings. The van der Waals surface area contributed by atoms with E-state index in [9.17, 15) is 0 Å². The number of aromatic nitrogens is 4. The van der Waals surface area contributed by atoms with E-state index in [2.05, 4.69) is 20.6 Å². The first-order valence-corrected chi connectivity index (χ1v) is 6.21. The smallest absolute Gasteiger partial charge is 0.243 e. The number of nitrogens with one attached hydrogen (secondary N) is 1. The molecule has 2 rings (SSSR count). The quantitative estimate of drug-likeness (QED) is 0.844. The fourth-order valence-electron chi connectivity index (χ4n) is 1.57. The molecule has 6 heteroatoms. The molecule has 98 valence electrons. The van der Waals surface area contributed by atoms with Gasteiger partial charge in [0, 0.05) is 24.9 Å². The summed E-state index contributed by atoms with van der Waals surface area (Å²) in [5.41, 5.74) is 0. The minimum absolute atomic E-state index is 0.0561. The summed E-state index contributed by atoms with van der Waals surface area (Å²) in [6, 6.07) is 1.97. The van der Waals surface area contributed by atoms with Gasteiger partial charge in [0.25, 0.3) is 0 Å². The third-order valence-corrected chi connectivity index (χ3v) is 2.69. The van der Waals surface area contributed by atoms with Gasteiger partial charge in [0.1, 0.15) is 0 Å². The predicted octanol–water partition coefficient (Wildman–Crippen LogP) is 1.74. The monoisotopic (exact) mass is 249 g/mol. The van der Waals surface area contributed by atoms with Crippen LogP contribution in [0.2, 0.25) is 0 Å². The van der Waals surface area contributed by atoms with Gasteiger partial charge >= 0.3 is 0 Å². The lowest BCUT2D eigenvalue weighted by Crippen LogP contribution is -2.23. The van der Waals surface area contributed by atoms with Crippen molar-refractivity contribution in [1.82, 2.24) is 25.2 Å². The molecule has 0 unspecified atom stereocenters. The topological polar surface area (TPSA) is 68.8 Å². The average molecular weight is 249 g/mol. The van der Waals surface area contributed by atoms with E-state index in [1.807, 2.05) is 37.7 Å². The first-order chi connectivity index (χ1) is 8.66. The maximum absolute atomic E-state index is 5.23. The van der Waals surface area contributed by atoms with Crippen molar-refractivity contribution >= 4 is 0 Å². The molecule has 2 aromatic rings. The Hall–Kier alpha value is -1.69. The number of hydrogen-bond acceptors (Lipinski definition) is 5. The zero-order valence-electron chi connectivity index (χ0n) is 11.0. The van der Waals surface area contributed by atoms with Crippen LogP contribution in [0.25, 0.3) is 0 Å². The van der Waals surface area contributed by atoms with E-state index >= 15 is 0 Å². The third-order valence-electron chi connectivity index (χ3n) is 2.69. The summed E-state index contributed by atoms with van der Waals surface area (Å²) in [4.78, 5) is 4.36. The van der Waals surface area contributed by atoms with Crippen LogP contribution in [-0.4, -0.2) is 26.5 Å². The lowest BCUT2D eigenvalue weighted by Gasteiger charge is -2.09. The SMILES string of the molecule is CC(C)c1noc([C@H](C)NCCn2cccn2)n1. The second-order valence-corrected chi connectivity index (χ2v) is 4.59. The van der Waals surface area contributed by atoms with Crippen LogP contribution >= 0.6 is 0 Å². The molecule has 0 radical (unpaired) electrons. The molecule has 0 saturated heterocycles. The zero-order chi connectivity index (χ0) is 13.0. The number of rotatable bonds is 6. The van der Waals surface area contributed by atoms with E-state index in [1.54, 1.807) is 6.20 Å². The van der Waals surface area contributed by atoms with Crippen LogP contribution in [0.1, 0.15) is 44.4 Å². The zero-order valence-corrected chi connectivity index (χ0v) is 11.0.